The van der Waals surface area contributed by atoms with E-state index in [9.17, 15) is 27.1 Å². The predicted octanol–water partition coefficient (Wildman–Crippen LogP) is 4.63. The van der Waals surface area contributed by atoms with E-state index in [0.29, 0.717) is 37.0 Å². The molecule has 0 spiro atoms. The lowest BCUT2D eigenvalue weighted by Gasteiger charge is -2.62. The maximum Gasteiger partial charge on any atom is 0.449 e. The summed E-state index contributed by atoms with van der Waals surface area (Å²) in [7, 11) is 0. The third-order valence-electron chi connectivity index (χ3n) is 7.38. The van der Waals surface area contributed by atoms with Crippen molar-refractivity contribution in [3.63, 3.8) is 0 Å². The minimum absolute atomic E-state index is 0.370. The quantitative estimate of drug-likeness (QED) is 0.706. The highest BCUT2D eigenvalue weighted by Gasteiger charge is 2.81. The van der Waals surface area contributed by atoms with E-state index in [-0.39, 0.29) is 6.42 Å². The van der Waals surface area contributed by atoms with Crippen molar-refractivity contribution in [2.24, 2.45) is 23.2 Å². The molecule has 5 rings (SSSR count). The predicted molar refractivity (Wildman–Crippen MR) is 81.2 cm³/mol. The molecular weight excluding hydrogens is 359 g/mol. The van der Waals surface area contributed by atoms with Crippen molar-refractivity contribution in [1.82, 2.24) is 0 Å². The fourth-order valence-corrected chi connectivity index (χ4v) is 6.19. The Morgan fingerprint density at radius 2 is 1.42 bits per heavy atom. The normalized spacial score (nSPS) is 53.1. The van der Waals surface area contributed by atoms with E-state index in [1.54, 1.807) is 0 Å². The van der Waals surface area contributed by atoms with E-state index in [0.717, 1.165) is 26.2 Å². The molecule has 0 radical (unpaired) electrons. The van der Waals surface area contributed by atoms with Gasteiger partial charge >= 0.3 is 17.9 Å². The van der Waals surface area contributed by atoms with Crippen LogP contribution in [0.15, 0.2) is 0 Å². The molecule has 1 N–H and O–H groups in total. The van der Waals surface area contributed by atoms with Crippen molar-refractivity contribution < 1.29 is 36.5 Å². The van der Waals surface area contributed by atoms with Crippen LogP contribution in [-0.4, -0.2) is 34.9 Å². The van der Waals surface area contributed by atoms with Gasteiger partial charge in [-0.1, -0.05) is 6.92 Å². The van der Waals surface area contributed by atoms with Gasteiger partial charge in [-0.2, -0.15) is 22.0 Å². The van der Waals surface area contributed by atoms with Gasteiger partial charge in [0.1, 0.15) is 5.60 Å². The zero-order valence-corrected chi connectivity index (χ0v) is 14.9. The summed E-state index contributed by atoms with van der Waals surface area (Å²) in [5, 5.41) is 10.1. The highest BCUT2D eigenvalue weighted by atomic mass is 19.4. The van der Waals surface area contributed by atoms with E-state index < -0.39 is 35.2 Å². The Labute approximate surface area is 149 Å². The van der Waals surface area contributed by atoms with Crippen LogP contribution < -0.4 is 0 Å². The van der Waals surface area contributed by atoms with Crippen LogP contribution in [0, 0.1) is 23.2 Å². The summed E-state index contributed by atoms with van der Waals surface area (Å²) >= 11 is 0. The SMILES string of the molecule is CCC1(C)OC(C23CC4CC(CC(C4)C2)C3)OC(O)(C(F)(F)F)C1(F)F. The van der Waals surface area contributed by atoms with Crippen LogP contribution in [0.5, 0.6) is 0 Å². The molecule has 0 aromatic heterocycles. The maximum atomic E-state index is 14.7. The van der Waals surface area contributed by atoms with Gasteiger partial charge < -0.3 is 14.6 Å². The van der Waals surface area contributed by atoms with E-state index in [1.807, 2.05) is 0 Å². The van der Waals surface area contributed by atoms with Crippen LogP contribution in [0.4, 0.5) is 22.0 Å². The highest BCUT2D eigenvalue weighted by Crippen LogP contribution is 2.65. The molecule has 1 aliphatic heterocycles. The summed E-state index contributed by atoms with van der Waals surface area (Å²) in [6.07, 6.45) is -2.52. The Morgan fingerprint density at radius 1 is 0.962 bits per heavy atom. The van der Waals surface area contributed by atoms with E-state index >= 15 is 0 Å². The number of hydrogen-bond donors (Lipinski definition) is 1. The Balaban J connectivity index is 1.74. The van der Waals surface area contributed by atoms with Crippen molar-refractivity contribution in [1.29, 1.82) is 0 Å². The van der Waals surface area contributed by atoms with Crippen molar-refractivity contribution in [2.75, 3.05) is 0 Å². The zero-order valence-electron chi connectivity index (χ0n) is 14.9. The van der Waals surface area contributed by atoms with Crippen LogP contribution in [-0.2, 0) is 9.47 Å². The standard InChI is InChI=1S/C18H25F5O3/c1-3-14(2)16(19,20)17(24,18(21,22)23)26-13(25-14)15-7-10-4-11(8-15)6-12(5-10)9-15/h10-13,24H,3-9H2,1-2H3. The van der Waals surface area contributed by atoms with E-state index in [1.165, 1.54) is 6.92 Å². The molecule has 150 valence electrons. The molecule has 5 aliphatic rings. The number of hydrogen-bond acceptors (Lipinski definition) is 3. The van der Waals surface area contributed by atoms with Crippen LogP contribution in [0.25, 0.3) is 0 Å². The van der Waals surface area contributed by atoms with Crippen molar-refractivity contribution in [3.8, 4) is 0 Å². The number of aliphatic hydroxyl groups is 1. The van der Waals surface area contributed by atoms with E-state index in [4.69, 9.17) is 9.47 Å². The molecule has 4 aliphatic carbocycles. The molecule has 1 saturated heterocycles. The third-order valence-corrected chi connectivity index (χ3v) is 7.38. The largest absolute Gasteiger partial charge is 0.449 e. The molecule has 4 saturated carbocycles. The van der Waals surface area contributed by atoms with Crippen LogP contribution in [0.3, 0.4) is 0 Å². The highest BCUT2D eigenvalue weighted by molar-refractivity contribution is 5.10. The molecule has 3 unspecified atom stereocenters. The summed E-state index contributed by atoms with van der Waals surface area (Å²) in [5.74, 6) is -8.03. The molecule has 26 heavy (non-hydrogen) atoms. The fraction of sp³-hybridized carbons (Fsp3) is 1.00. The lowest BCUT2D eigenvalue weighted by Crippen LogP contribution is -2.76. The Kier molecular flexibility index (Phi) is 3.86. The molecule has 3 nitrogen and oxygen atoms in total. The zero-order chi connectivity index (χ0) is 19.2. The minimum Gasteiger partial charge on any atom is -0.354 e. The number of alkyl halides is 5. The average molecular weight is 384 g/mol. The first-order chi connectivity index (χ1) is 11.9. The lowest BCUT2D eigenvalue weighted by atomic mass is 9.49. The average Bonchev–Trinajstić information content (AvgIpc) is 2.50. The first-order valence-corrected chi connectivity index (χ1v) is 9.38. The van der Waals surface area contributed by atoms with Crippen LogP contribution >= 0.6 is 0 Å². The van der Waals surface area contributed by atoms with Crippen molar-refractivity contribution >= 4 is 0 Å². The van der Waals surface area contributed by atoms with Crippen molar-refractivity contribution in [2.45, 2.75) is 88.6 Å². The smallest absolute Gasteiger partial charge is 0.354 e. The molecule has 0 amide bonds. The summed E-state index contributed by atoms with van der Waals surface area (Å²) in [6.45, 7) is 2.28. The minimum atomic E-state index is -5.63. The van der Waals surface area contributed by atoms with Gasteiger partial charge in [-0.05, 0) is 69.6 Å². The van der Waals surface area contributed by atoms with Gasteiger partial charge in [0.2, 0.25) is 0 Å². The van der Waals surface area contributed by atoms with Gasteiger partial charge in [0.25, 0.3) is 0 Å². The number of rotatable bonds is 2. The molecule has 3 atom stereocenters. The monoisotopic (exact) mass is 384 g/mol. The molecule has 5 fully saturated rings. The second-order valence-corrected chi connectivity index (χ2v) is 9.15. The second kappa shape index (κ2) is 5.32. The Hall–Kier alpha value is -0.470. The Bertz CT molecular complexity index is 557. The van der Waals surface area contributed by atoms with Crippen molar-refractivity contribution in [3.05, 3.63) is 0 Å². The summed E-state index contributed by atoms with van der Waals surface area (Å²) in [5.41, 5.74) is -3.18. The first kappa shape index (κ1) is 18.9. The molecule has 0 aromatic carbocycles. The Morgan fingerprint density at radius 3 is 1.81 bits per heavy atom. The van der Waals surface area contributed by atoms with Gasteiger partial charge in [0.15, 0.2) is 6.29 Å². The third kappa shape index (κ3) is 2.27. The lowest BCUT2D eigenvalue weighted by molar-refractivity contribution is -0.534. The van der Waals surface area contributed by atoms with E-state index in [2.05, 4.69) is 0 Å². The van der Waals surface area contributed by atoms with Gasteiger partial charge in [-0.25, -0.2) is 0 Å². The molecule has 0 aromatic rings. The molecule has 8 heteroatoms. The topological polar surface area (TPSA) is 38.7 Å². The number of ether oxygens (including phenoxy) is 2. The summed E-state index contributed by atoms with van der Waals surface area (Å²) < 4.78 is 80.4. The van der Waals surface area contributed by atoms with Gasteiger partial charge in [-0.3, -0.25) is 0 Å². The van der Waals surface area contributed by atoms with Gasteiger partial charge in [0.05, 0.1) is 0 Å². The van der Waals surface area contributed by atoms with Gasteiger partial charge in [0, 0.05) is 5.41 Å². The second-order valence-electron chi connectivity index (χ2n) is 9.15. The number of halogens is 5. The fourth-order valence-electron chi connectivity index (χ4n) is 6.19. The molecule has 4 bridgehead atoms. The molecular formula is C18H25F5O3. The van der Waals surface area contributed by atoms with Crippen LogP contribution in [0.1, 0.15) is 58.8 Å². The summed E-state index contributed by atoms with van der Waals surface area (Å²) in [6, 6.07) is 0. The first-order valence-electron chi connectivity index (χ1n) is 9.38. The maximum absolute atomic E-state index is 14.7. The van der Waals surface area contributed by atoms with Crippen LogP contribution in [0.2, 0.25) is 0 Å². The summed E-state index contributed by atoms with van der Waals surface area (Å²) in [4.78, 5) is 0. The molecule has 1 heterocycles. The van der Waals surface area contributed by atoms with Gasteiger partial charge in [-0.15, -0.1) is 0 Å².